The zero-order chi connectivity index (χ0) is 14.1. The Bertz CT molecular complexity index is 801. The third kappa shape index (κ3) is 2.32. The van der Waals surface area contributed by atoms with E-state index in [4.69, 9.17) is 0 Å². The van der Waals surface area contributed by atoms with E-state index >= 15 is 0 Å². The Morgan fingerprint density at radius 1 is 1.30 bits per heavy atom. The van der Waals surface area contributed by atoms with Crippen molar-refractivity contribution >= 4 is 44.1 Å². The van der Waals surface area contributed by atoms with Crippen molar-refractivity contribution in [2.75, 3.05) is 7.11 Å². The number of esters is 1. The maximum absolute atomic E-state index is 11.4. The van der Waals surface area contributed by atoms with Gasteiger partial charge in [-0.3, -0.25) is 0 Å². The second kappa shape index (κ2) is 5.30. The van der Waals surface area contributed by atoms with E-state index < -0.39 is 5.97 Å². The molecule has 2 aromatic heterocycles. The third-order valence-corrected chi connectivity index (χ3v) is 4.23. The number of carbonyl (C=O) groups is 1. The molecule has 4 nitrogen and oxygen atoms in total. The van der Waals surface area contributed by atoms with Gasteiger partial charge in [0.2, 0.25) is 0 Å². The highest BCUT2D eigenvalue weighted by atomic mass is 79.9. The van der Waals surface area contributed by atoms with Crippen LogP contribution in [-0.2, 0) is 4.74 Å². The molecule has 0 bridgehead atoms. The first-order chi connectivity index (χ1) is 9.69. The number of carbonyl (C=O) groups excluding carboxylic acids is 1. The van der Waals surface area contributed by atoms with Crippen molar-refractivity contribution in [3.8, 4) is 10.7 Å². The monoisotopic (exact) mass is 348 g/mol. The Morgan fingerprint density at radius 3 is 2.90 bits per heavy atom. The summed E-state index contributed by atoms with van der Waals surface area (Å²) in [7, 11) is 1.34. The van der Waals surface area contributed by atoms with Crippen molar-refractivity contribution in [2.24, 2.45) is 0 Å². The summed E-state index contributed by atoms with van der Waals surface area (Å²) < 4.78 is 5.51. The number of methoxy groups -OCH3 is 1. The molecule has 0 N–H and O–H groups in total. The topological polar surface area (TPSA) is 52.1 Å². The number of hydrogen-bond acceptors (Lipinski definition) is 5. The van der Waals surface area contributed by atoms with Gasteiger partial charge in [-0.1, -0.05) is 18.2 Å². The molecule has 0 radical (unpaired) electrons. The summed E-state index contributed by atoms with van der Waals surface area (Å²) >= 11 is 4.87. The largest absolute Gasteiger partial charge is 0.464 e. The SMILES string of the molecule is COC(=O)c1csc(-c2nc3ccccc3cc2Br)n1. The van der Waals surface area contributed by atoms with Crippen molar-refractivity contribution in [3.63, 3.8) is 0 Å². The van der Waals surface area contributed by atoms with Gasteiger partial charge in [-0.25, -0.2) is 14.8 Å². The highest BCUT2D eigenvalue weighted by Gasteiger charge is 2.15. The molecule has 0 amide bonds. The first-order valence-electron chi connectivity index (χ1n) is 5.78. The summed E-state index contributed by atoms with van der Waals surface area (Å²) in [5, 5.41) is 3.40. The average Bonchev–Trinajstić information content (AvgIpc) is 2.95. The van der Waals surface area contributed by atoms with Crippen molar-refractivity contribution in [1.82, 2.24) is 9.97 Å². The summed E-state index contributed by atoms with van der Waals surface area (Å²) in [6.07, 6.45) is 0. The predicted molar refractivity (Wildman–Crippen MR) is 81.9 cm³/mol. The summed E-state index contributed by atoms with van der Waals surface area (Å²) in [5.74, 6) is -0.440. The van der Waals surface area contributed by atoms with Gasteiger partial charge in [0.25, 0.3) is 0 Å². The number of thiazole rings is 1. The summed E-state index contributed by atoms with van der Waals surface area (Å²) in [6, 6.07) is 9.85. The molecule has 6 heteroatoms. The van der Waals surface area contributed by atoms with Gasteiger partial charge in [-0.2, -0.15) is 0 Å². The first kappa shape index (κ1) is 13.2. The smallest absolute Gasteiger partial charge is 0.357 e. The molecule has 3 aromatic rings. The molecule has 0 aliphatic heterocycles. The maximum Gasteiger partial charge on any atom is 0.357 e. The minimum absolute atomic E-state index is 0.300. The molecule has 0 unspecified atom stereocenters. The van der Waals surface area contributed by atoms with E-state index in [9.17, 15) is 4.79 Å². The number of nitrogens with zero attached hydrogens (tertiary/aromatic N) is 2. The van der Waals surface area contributed by atoms with Crippen molar-refractivity contribution in [3.05, 3.63) is 45.9 Å². The Morgan fingerprint density at radius 2 is 2.10 bits per heavy atom. The molecular formula is C14H9BrN2O2S. The molecule has 3 rings (SSSR count). The zero-order valence-electron chi connectivity index (χ0n) is 10.5. The summed E-state index contributed by atoms with van der Waals surface area (Å²) in [6.45, 7) is 0. The van der Waals surface area contributed by atoms with Crippen LogP contribution in [0.1, 0.15) is 10.5 Å². The molecule has 0 atom stereocenters. The average molecular weight is 349 g/mol. The van der Waals surface area contributed by atoms with Gasteiger partial charge < -0.3 is 4.74 Å². The van der Waals surface area contributed by atoms with E-state index in [1.807, 2.05) is 30.3 Å². The molecule has 0 aliphatic carbocycles. The molecule has 20 heavy (non-hydrogen) atoms. The van der Waals surface area contributed by atoms with E-state index in [2.05, 4.69) is 30.6 Å². The molecule has 0 fully saturated rings. The van der Waals surface area contributed by atoms with Crippen LogP contribution < -0.4 is 0 Å². The van der Waals surface area contributed by atoms with Gasteiger partial charge in [0.05, 0.1) is 12.6 Å². The van der Waals surface area contributed by atoms with Crippen LogP contribution >= 0.6 is 27.3 Å². The van der Waals surface area contributed by atoms with E-state index in [-0.39, 0.29) is 0 Å². The van der Waals surface area contributed by atoms with E-state index in [0.717, 1.165) is 21.1 Å². The van der Waals surface area contributed by atoms with Crippen LogP contribution in [0.15, 0.2) is 40.2 Å². The van der Waals surface area contributed by atoms with Gasteiger partial charge in [-0.05, 0) is 28.1 Å². The molecule has 0 saturated heterocycles. The van der Waals surface area contributed by atoms with Crippen molar-refractivity contribution < 1.29 is 9.53 Å². The molecule has 0 saturated carbocycles. The number of rotatable bonds is 2. The Balaban J connectivity index is 2.11. The molecule has 0 aliphatic rings. The Kier molecular flexibility index (Phi) is 3.50. The number of aromatic nitrogens is 2. The van der Waals surface area contributed by atoms with Crippen LogP contribution in [0.3, 0.4) is 0 Å². The maximum atomic E-state index is 11.4. The lowest BCUT2D eigenvalue weighted by Gasteiger charge is -2.03. The number of benzene rings is 1. The minimum Gasteiger partial charge on any atom is -0.464 e. The van der Waals surface area contributed by atoms with Gasteiger partial charge in [0, 0.05) is 15.2 Å². The van der Waals surface area contributed by atoms with E-state index in [1.165, 1.54) is 18.4 Å². The fourth-order valence-electron chi connectivity index (χ4n) is 1.82. The fraction of sp³-hybridized carbons (Fsp3) is 0.0714. The number of fused-ring (bicyclic) bond motifs is 1. The lowest BCUT2D eigenvalue weighted by atomic mass is 10.2. The highest BCUT2D eigenvalue weighted by Crippen LogP contribution is 2.31. The molecule has 0 spiro atoms. The van der Waals surface area contributed by atoms with Gasteiger partial charge >= 0.3 is 5.97 Å². The Hall–Kier alpha value is -1.79. The minimum atomic E-state index is -0.440. The second-order valence-electron chi connectivity index (χ2n) is 4.04. The number of hydrogen-bond donors (Lipinski definition) is 0. The predicted octanol–water partition coefficient (Wildman–Crippen LogP) is 3.91. The summed E-state index contributed by atoms with van der Waals surface area (Å²) in [4.78, 5) is 20.3. The number of pyridine rings is 1. The Labute approximate surface area is 127 Å². The van der Waals surface area contributed by atoms with Crippen LogP contribution in [0.4, 0.5) is 0 Å². The quantitative estimate of drug-likeness (QED) is 0.659. The van der Waals surface area contributed by atoms with Gasteiger partial charge in [0.15, 0.2) is 5.69 Å². The first-order valence-corrected chi connectivity index (χ1v) is 7.46. The lowest BCUT2D eigenvalue weighted by molar-refractivity contribution is 0.0595. The second-order valence-corrected chi connectivity index (χ2v) is 5.75. The highest BCUT2D eigenvalue weighted by molar-refractivity contribution is 9.10. The lowest BCUT2D eigenvalue weighted by Crippen LogP contribution is -2.01. The van der Waals surface area contributed by atoms with Crippen LogP contribution in [-0.4, -0.2) is 23.0 Å². The van der Waals surface area contributed by atoms with Crippen molar-refractivity contribution in [1.29, 1.82) is 0 Å². The third-order valence-electron chi connectivity index (χ3n) is 2.78. The van der Waals surface area contributed by atoms with Crippen LogP contribution in [0.25, 0.3) is 21.6 Å². The van der Waals surface area contributed by atoms with Crippen LogP contribution in [0.2, 0.25) is 0 Å². The summed E-state index contributed by atoms with van der Waals surface area (Å²) in [5.41, 5.74) is 1.92. The van der Waals surface area contributed by atoms with Gasteiger partial charge in [0.1, 0.15) is 10.7 Å². The van der Waals surface area contributed by atoms with E-state index in [1.54, 1.807) is 5.38 Å². The molecular weight excluding hydrogens is 340 g/mol. The van der Waals surface area contributed by atoms with Crippen molar-refractivity contribution in [2.45, 2.75) is 0 Å². The van der Waals surface area contributed by atoms with Crippen LogP contribution in [0, 0.1) is 0 Å². The standard InChI is InChI=1S/C14H9BrN2O2S/c1-19-14(18)11-7-20-13(17-11)12-9(15)6-8-4-2-3-5-10(8)16-12/h2-7H,1H3. The number of halogens is 1. The molecule has 2 heterocycles. The van der Waals surface area contributed by atoms with Crippen LogP contribution in [0.5, 0.6) is 0 Å². The number of para-hydroxylation sites is 1. The van der Waals surface area contributed by atoms with Gasteiger partial charge in [-0.15, -0.1) is 11.3 Å². The molecule has 100 valence electrons. The fourth-order valence-corrected chi connectivity index (χ4v) is 3.27. The normalized spacial score (nSPS) is 10.7. The zero-order valence-corrected chi connectivity index (χ0v) is 12.9. The van der Waals surface area contributed by atoms with E-state index in [0.29, 0.717) is 10.7 Å². The molecule has 1 aromatic carbocycles. The number of ether oxygens (including phenoxy) is 1.